The number of hydrogen-bond donors (Lipinski definition) is 1. The van der Waals surface area contributed by atoms with E-state index in [1.54, 1.807) is 0 Å². The zero-order valence-corrected chi connectivity index (χ0v) is 21.0. The Morgan fingerprint density at radius 1 is 0.941 bits per heavy atom. The Bertz CT molecular complexity index is 1260. The molecule has 0 spiro atoms. The van der Waals surface area contributed by atoms with E-state index in [0.717, 1.165) is 50.9 Å². The Morgan fingerprint density at radius 3 is 2.38 bits per heavy atom. The van der Waals surface area contributed by atoms with Crippen molar-refractivity contribution in [1.29, 1.82) is 0 Å². The SMILES string of the molecule is CCn1c(CSc2nc(C)cc(C)n2)nnc1SCC(=O)Nc1ccccc1-c1ccccc1. The number of thioether (sulfide) groups is 2. The van der Waals surface area contributed by atoms with Gasteiger partial charge in [-0.25, -0.2) is 9.97 Å². The molecular formula is C25H26N6OS2. The first kappa shape index (κ1) is 24.0. The molecule has 0 saturated carbocycles. The molecule has 4 aromatic rings. The van der Waals surface area contributed by atoms with Crippen molar-refractivity contribution in [3.8, 4) is 11.1 Å². The molecule has 0 atom stereocenters. The van der Waals surface area contributed by atoms with Gasteiger partial charge >= 0.3 is 0 Å². The third kappa shape index (κ3) is 6.03. The highest BCUT2D eigenvalue weighted by atomic mass is 32.2. The highest BCUT2D eigenvalue weighted by Crippen LogP contribution is 2.28. The van der Waals surface area contributed by atoms with Gasteiger partial charge in [0.1, 0.15) is 5.82 Å². The number of para-hydroxylation sites is 1. The van der Waals surface area contributed by atoms with Crippen LogP contribution in [0.2, 0.25) is 0 Å². The van der Waals surface area contributed by atoms with E-state index in [-0.39, 0.29) is 11.7 Å². The van der Waals surface area contributed by atoms with E-state index in [1.807, 2.05) is 86.0 Å². The van der Waals surface area contributed by atoms with Crippen LogP contribution in [0.4, 0.5) is 5.69 Å². The standard InChI is InChI=1S/C25H26N6OS2/c1-4-31-22(15-33-24-26-17(2)14-18(3)27-24)29-30-25(31)34-16-23(32)28-21-13-9-8-12-20(21)19-10-6-5-7-11-19/h5-14H,4,15-16H2,1-3H3,(H,28,32). The van der Waals surface area contributed by atoms with Gasteiger partial charge < -0.3 is 9.88 Å². The molecule has 2 aromatic heterocycles. The number of aromatic nitrogens is 5. The van der Waals surface area contributed by atoms with Crippen molar-refractivity contribution < 1.29 is 4.79 Å². The van der Waals surface area contributed by atoms with E-state index < -0.39 is 0 Å². The molecule has 34 heavy (non-hydrogen) atoms. The van der Waals surface area contributed by atoms with Crippen LogP contribution in [-0.2, 0) is 17.1 Å². The number of amides is 1. The number of aryl methyl sites for hydroxylation is 2. The topological polar surface area (TPSA) is 85.6 Å². The first-order valence-corrected chi connectivity index (χ1v) is 12.9. The third-order valence-corrected chi connectivity index (χ3v) is 6.83. The maximum atomic E-state index is 12.7. The number of carbonyl (C=O) groups is 1. The Labute approximate surface area is 207 Å². The molecule has 0 saturated heterocycles. The number of rotatable bonds is 9. The van der Waals surface area contributed by atoms with Gasteiger partial charge in [0, 0.05) is 29.2 Å². The lowest BCUT2D eigenvalue weighted by Crippen LogP contribution is -2.15. The molecule has 4 rings (SSSR count). The highest BCUT2D eigenvalue weighted by Gasteiger charge is 2.15. The fraction of sp³-hybridized carbons (Fsp3) is 0.240. The van der Waals surface area contributed by atoms with Gasteiger partial charge in [0.15, 0.2) is 10.3 Å². The van der Waals surface area contributed by atoms with Crippen LogP contribution in [0.1, 0.15) is 24.1 Å². The number of nitrogens with one attached hydrogen (secondary N) is 1. The second-order valence-corrected chi connectivity index (χ2v) is 9.50. The molecule has 1 amide bonds. The molecule has 1 N–H and O–H groups in total. The molecule has 174 valence electrons. The first-order valence-electron chi connectivity index (χ1n) is 11.0. The van der Waals surface area contributed by atoms with E-state index >= 15 is 0 Å². The van der Waals surface area contributed by atoms with Crippen molar-refractivity contribution in [2.75, 3.05) is 11.1 Å². The lowest BCUT2D eigenvalue weighted by Gasteiger charge is -2.11. The summed E-state index contributed by atoms with van der Waals surface area (Å²) in [4.78, 5) is 21.7. The first-order chi connectivity index (χ1) is 16.5. The summed E-state index contributed by atoms with van der Waals surface area (Å²) in [6, 6.07) is 19.8. The lowest BCUT2D eigenvalue weighted by molar-refractivity contribution is -0.113. The second-order valence-electron chi connectivity index (χ2n) is 7.61. The van der Waals surface area contributed by atoms with Gasteiger partial charge in [-0.1, -0.05) is 72.1 Å². The Hall–Kier alpha value is -3.17. The molecule has 0 aliphatic rings. The van der Waals surface area contributed by atoms with Gasteiger partial charge in [0.05, 0.1) is 11.5 Å². The van der Waals surface area contributed by atoms with Gasteiger partial charge in [-0.3, -0.25) is 4.79 Å². The van der Waals surface area contributed by atoms with Gasteiger partial charge in [0.25, 0.3) is 0 Å². The molecule has 0 radical (unpaired) electrons. The van der Waals surface area contributed by atoms with E-state index in [1.165, 1.54) is 23.5 Å². The lowest BCUT2D eigenvalue weighted by atomic mass is 10.0. The summed E-state index contributed by atoms with van der Waals surface area (Å²) in [5.74, 6) is 1.61. The van der Waals surface area contributed by atoms with Crippen molar-refractivity contribution in [3.05, 3.63) is 77.9 Å². The fourth-order valence-corrected chi connectivity index (χ4v) is 5.23. The maximum Gasteiger partial charge on any atom is 0.234 e. The average Bonchev–Trinajstić information content (AvgIpc) is 3.23. The van der Waals surface area contributed by atoms with Crippen LogP contribution in [0.3, 0.4) is 0 Å². The molecule has 7 nitrogen and oxygen atoms in total. The molecule has 0 bridgehead atoms. The summed E-state index contributed by atoms with van der Waals surface area (Å²) in [7, 11) is 0. The summed E-state index contributed by atoms with van der Waals surface area (Å²) in [5, 5.41) is 13.2. The quantitative estimate of drug-likeness (QED) is 0.248. The smallest absolute Gasteiger partial charge is 0.234 e. The Morgan fingerprint density at radius 2 is 1.65 bits per heavy atom. The minimum absolute atomic E-state index is 0.0846. The van der Waals surface area contributed by atoms with Crippen molar-refractivity contribution in [2.45, 2.75) is 43.4 Å². The van der Waals surface area contributed by atoms with E-state index in [9.17, 15) is 4.79 Å². The van der Waals surface area contributed by atoms with Crippen LogP contribution in [0.5, 0.6) is 0 Å². The summed E-state index contributed by atoms with van der Waals surface area (Å²) in [5.41, 5.74) is 4.74. The van der Waals surface area contributed by atoms with E-state index in [2.05, 4.69) is 25.5 Å². The largest absolute Gasteiger partial charge is 0.325 e. The second kappa shape index (κ2) is 11.3. The van der Waals surface area contributed by atoms with Crippen LogP contribution < -0.4 is 5.32 Å². The average molecular weight is 491 g/mol. The summed E-state index contributed by atoms with van der Waals surface area (Å²) >= 11 is 2.92. The van der Waals surface area contributed by atoms with Crippen molar-refractivity contribution in [3.63, 3.8) is 0 Å². The molecular weight excluding hydrogens is 464 g/mol. The van der Waals surface area contributed by atoms with Crippen LogP contribution in [-0.4, -0.2) is 36.4 Å². The van der Waals surface area contributed by atoms with Crippen molar-refractivity contribution >= 4 is 35.1 Å². The van der Waals surface area contributed by atoms with Crippen LogP contribution in [0, 0.1) is 13.8 Å². The monoisotopic (exact) mass is 490 g/mol. The zero-order valence-electron chi connectivity index (χ0n) is 19.4. The molecule has 0 aliphatic carbocycles. The summed E-state index contributed by atoms with van der Waals surface area (Å²) in [6.45, 7) is 6.69. The minimum atomic E-state index is -0.0846. The Balaban J connectivity index is 1.39. The molecule has 0 unspecified atom stereocenters. The van der Waals surface area contributed by atoms with Crippen LogP contribution >= 0.6 is 23.5 Å². The predicted octanol–water partition coefficient (Wildman–Crippen LogP) is 5.39. The predicted molar refractivity (Wildman–Crippen MR) is 138 cm³/mol. The molecule has 2 heterocycles. The number of anilines is 1. The maximum absolute atomic E-state index is 12.7. The number of carbonyl (C=O) groups excluding carboxylic acids is 1. The minimum Gasteiger partial charge on any atom is -0.325 e. The van der Waals surface area contributed by atoms with Gasteiger partial charge in [0.2, 0.25) is 5.91 Å². The highest BCUT2D eigenvalue weighted by molar-refractivity contribution is 7.99. The summed E-state index contributed by atoms with van der Waals surface area (Å²) < 4.78 is 2.03. The number of hydrogen-bond acceptors (Lipinski definition) is 7. The Kier molecular flexibility index (Phi) is 7.97. The van der Waals surface area contributed by atoms with E-state index in [0.29, 0.717) is 5.75 Å². The number of nitrogens with zero attached hydrogens (tertiary/aromatic N) is 5. The molecule has 0 aliphatic heterocycles. The number of benzene rings is 2. The van der Waals surface area contributed by atoms with Gasteiger partial charge in [-0.05, 0) is 38.5 Å². The van der Waals surface area contributed by atoms with Crippen LogP contribution in [0.15, 0.2) is 71.0 Å². The summed E-state index contributed by atoms with van der Waals surface area (Å²) in [6.07, 6.45) is 0. The normalized spacial score (nSPS) is 10.9. The van der Waals surface area contributed by atoms with Crippen molar-refractivity contribution in [2.24, 2.45) is 0 Å². The van der Waals surface area contributed by atoms with Gasteiger partial charge in [-0.15, -0.1) is 10.2 Å². The molecule has 2 aromatic carbocycles. The van der Waals surface area contributed by atoms with Gasteiger partial charge in [-0.2, -0.15) is 0 Å². The zero-order chi connectivity index (χ0) is 23.9. The molecule has 0 fully saturated rings. The van der Waals surface area contributed by atoms with Crippen molar-refractivity contribution in [1.82, 2.24) is 24.7 Å². The van der Waals surface area contributed by atoms with E-state index in [4.69, 9.17) is 0 Å². The third-order valence-electron chi connectivity index (χ3n) is 5.02. The molecule has 9 heteroatoms. The van der Waals surface area contributed by atoms with Crippen LogP contribution in [0.25, 0.3) is 11.1 Å². The fourth-order valence-electron chi connectivity index (χ4n) is 3.52.